The van der Waals surface area contributed by atoms with Crippen molar-refractivity contribution in [3.63, 3.8) is 0 Å². The van der Waals surface area contributed by atoms with Gasteiger partial charge in [0.2, 0.25) is 11.7 Å². The van der Waals surface area contributed by atoms with Crippen LogP contribution in [0.3, 0.4) is 0 Å². The fraction of sp³-hybridized carbons (Fsp3) is 0.552. The molecule has 3 saturated carbocycles. The van der Waals surface area contributed by atoms with E-state index in [1.807, 2.05) is 0 Å². The fourth-order valence-electron chi connectivity index (χ4n) is 6.45. The zero-order valence-electron chi connectivity index (χ0n) is 22.7. The van der Waals surface area contributed by atoms with Gasteiger partial charge in [0.15, 0.2) is 0 Å². The smallest absolute Gasteiger partial charge is 0.451 e. The van der Waals surface area contributed by atoms with Gasteiger partial charge in [0.05, 0.1) is 35.8 Å². The van der Waals surface area contributed by atoms with Gasteiger partial charge in [-0.25, -0.2) is 4.98 Å². The van der Waals surface area contributed by atoms with Gasteiger partial charge in [0.1, 0.15) is 22.7 Å². The number of carbonyl (C=O) groups is 1. The Hall–Kier alpha value is -2.60. The van der Waals surface area contributed by atoms with Gasteiger partial charge >= 0.3 is 12.1 Å². The molecule has 0 spiro atoms. The molecule has 0 aliphatic heterocycles. The van der Waals surface area contributed by atoms with E-state index in [1.54, 1.807) is 25.1 Å². The van der Waals surface area contributed by atoms with E-state index in [-0.39, 0.29) is 25.2 Å². The van der Waals surface area contributed by atoms with Crippen molar-refractivity contribution in [1.29, 1.82) is 0 Å². The van der Waals surface area contributed by atoms with Crippen molar-refractivity contribution in [2.75, 3.05) is 6.61 Å². The molecule has 226 valence electrons. The minimum absolute atomic E-state index is 0.0182. The molecule has 3 aliphatic rings. The summed E-state index contributed by atoms with van der Waals surface area (Å²) in [5, 5.41) is 16.9. The summed E-state index contributed by atoms with van der Waals surface area (Å²) in [5.41, 5.74) is -0.438. The van der Waals surface area contributed by atoms with Crippen LogP contribution in [-0.4, -0.2) is 33.9 Å². The molecular formula is C29H29Cl2F3N2O6. The van der Waals surface area contributed by atoms with Crippen LogP contribution in [0.15, 0.2) is 27.1 Å². The van der Waals surface area contributed by atoms with Crippen LogP contribution in [-0.2, 0) is 39.1 Å². The number of alkyl halides is 3. The molecular weight excluding hydrogens is 600 g/mol. The first-order chi connectivity index (χ1) is 20.0. The minimum atomic E-state index is -4.89. The van der Waals surface area contributed by atoms with Crippen molar-refractivity contribution in [1.82, 2.24) is 10.1 Å². The second-order valence-corrected chi connectivity index (χ2v) is 12.0. The van der Waals surface area contributed by atoms with Crippen molar-refractivity contribution in [2.24, 2.45) is 11.8 Å². The maximum absolute atomic E-state index is 13.8. The summed E-state index contributed by atoms with van der Waals surface area (Å²) in [6, 6.07) is 5.20. The summed E-state index contributed by atoms with van der Waals surface area (Å²) in [5.74, 6) is -2.56. The highest BCUT2D eigenvalue weighted by Gasteiger charge is 2.58. The fourth-order valence-corrected chi connectivity index (χ4v) is 7.03. The zero-order chi connectivity index (χ0) is 29.8. The van der Waals surface area contributed by atoms with Crippen LogP contribution in [0.4, 0.5) is 13.2 Å². The van der Waals surface area contributed by atoms with E-state index in [1.165, 1.54) is 0 Å². The van der Waals surface area contributed by atoms with Gasteiger partial charge in [-0.2, -0.15) is 13.2 Å². The summed E-state index contributed by atoms with van der Waals surface area (Å²) < 4.78 is 63.4. The Morgan fingerprint density at radius 1 is 1.14 bits per heavy atom. The molecule has 0 saturated heterocycles. The molecule has 0 amide bonds. The second kappa shape index (κ2) is 11.2. The Balaban J connectivity index is 1.22. The maximum Gasteiger partial charge on any atom is 0.451 e. The molecule has 1 aromatic carbocycles. The number of esters is 1. The molecule has 6 rings (SSSR count). The van der Waals surface area contributed by atoms with Crippen molar-refractivity contribution in [3.8, 4) is 11.3 Å². The SMILES string of the molecule is CCOC(=O)Cc1nc(C2(O)[C@@H]3CC[C@H]2CC(OCc2c(-c4c(Cl)cccc4Cl)noc2C2CC2)C3)oc1C(F)(F)F. The van der Waals surface area contributed by atoms with Gasteiger partial charge in [0.25, 0.3) is 0 Å². The van der Waals surface area contributed by atoms with Gasteiger partial charge in [-0.15, -0.1) is 0 Å². The van der Waals surface area contributed by atoms with E-state index in [9.17, 15) is 23.1 Å². The average Bonchev–Trinajstić information content (AvgIpc) is 3.51. The van der Waals surface area contributed by atoms with Gasteiger partial charge in [-0.3, -0.25) is 4.79 Å². The maximum atomic E-state index is 13.8. The van der Waals surface area contributed by atoms with Crippen molar-refractivity contribution < 1.29 is 41.5 Å². The van der Waals surface area contributed by atoms with E-state index in [2.05, 4.69) is 10.1 Å². The highest BCUT2D eigenvalue weighted by molar-refractivity contribution is 6.39. The normalized spacial score (nSPS) is 25.6. The number of halogens is 5. The van der Waals surface area contributed by atoms with Crippen LogP contribution >= 0.6 is 23.2 Å². The summed E-state index contributed by atoms with van der Waals surface area (Å²) in [6.07, 6.45) is -2.01. The Bertz CT molecular complexity index is 1450. The Morgan fingerprint density at radius 3 is 2.40 bits per heavy atom. The number of benzene rings is 1. The van der Waals surface area contributed by atoms with E-state index in [0.29, 0.717) is 47.0 Å². The molecule has 8 nitrogen and oxygen atoms in total. The number of aromatic nitrogens is 2. The largest absolute Gasteiger partial charge is 0.466 e. The predicted molar refractivity (Wildman–Crippen MR) is 144 cm³/mol. The first kappa shape index (κ1) is 29.5. The molecule has 3 fully saturated rings. The second-order valence-electron chi connectivity index (χ2n) is 11.2. The molecule has 2 unspecified atom stereocenters. The van der Waals surface area contributed by atoms with Gasteiger partial charge in [-0.05, 0) is 69.4 Å². The molecule has 2 heterocycles. The van der Waals surface area contributed by atoms with Gasteiger partial charge in [0, 0.05) is 17.0 Å². The molecule has 4 atom stereocenters. The number of fused-ring (bicyclic) bond motifs is 2. The molecule has 3 aliphatic carbocycles. The van der Waals surface area contributed by atoms with E-state index >= 15 is 0 Å². The highest BCUT2D eigenvalue weighted by atomic mass is 35.5. The minimum Gasteiger partial charge on any atom is -0.466 e. The molecule has 2 bridgehead atoms. The van der Waals surface area contributed by atoms with Gasteiger partial charge in [-0.1, -0.05) is 34.4 Å². The number of carbonyl (C=O) groups excluding carboxylic acids is 1. The van der Waals surface area contributed by atoms with Crippen LogP contribution in [0.25, 0.3) is 11.3 Å². The van der Waals surface area contributed by atoms with Gasteiger partial charge < -0.3 is 23.5 Å². The number of aliphatic hydroxyl groups is 1. The van der Waals surface area contributed by atoms with E-state index in [4.69, 9.17) is 41.6 Å². The molecule has 3 aromatic rings. The standard InChI is InChI=1S/C29H29Cl2F3N2O6/c1-2-39-22(37)12-21-26(29(32,33)34)41-27(35-21)28(38)15-8-9-16(28)11-17(10-15)40-13-18-24(36-42-25(18)14-6-7-14)23-19(30)4-3-5-20(23)31/h3-5,14-17,38H,2,6-13H2,1H3/t15-,16+,17?,28?. The lowest BCUT2D eigenvalue weighted by Crippen LogP contribution is -2.44. The van der Waals surface area contributed by atoms with Crippen molar-refractivity contribution in [3.05, 3.63) is 56.9 Å². The quantitative estimate of drug-likeness (QED) is 0.247. The van der Waals surface area contributed by atoms with Crippen LogP contribution in [0, 0.1) is 11.8 Å². The number of ether oxygens (including phenoxy) is 2. The van der Waals surface area contributed by atoms with E-state index < -0.39 is 53.3 Å². The molecule has 42 heavy (non-hydrogen) atoms. The summed E-state index contributed by atoms with van der Waals surface area (Å²) in [6.45, 7) is 1.75. The number of oxazole rings is 1. The lowest BCUT2D eigenvalue weighted by atomic mass is 9.73. The van der Waals surface area contributed by atoms with E-state index in [0.717, 1.165) is 24.2 Å². The third-order valence-corrected chi connectivity index (χ3v) is 9.18. The molecule has 0 radical (unpaired) electrons. The first-order valence-electron chi connectivity index (χ1n) is 14.0. The molecule has 2 aromatic heterocycles. The number of hydrogen-bond donors (Lipinski definition) is 1. The third-order valence-electron chi connectivity index (χ3n) is 8.55. The number of nitrogens with zero attached hydrogens (tertiary/aromatic N) is 2. The zero-order valence-corrected chi connectivity index (χ0v) is 24.2. The summed E-state index contributed by atoms with van der Waals surface area (Å²) >= 11 is 12.9. The van der Waals surface area contributed by atoms with Crippen molar-refractivity contribution in [2.45, 2.75) is 82.3 Å². The highest BCUT2D eigenvalue weighted by Crippen LogP contribution is 2.56. The lowest BCUT2D eigenvalue weighted by molar-refractivity contribution is -0.161. The monoisotopic (exact) mass is 628 g/mol. The average molecular weight is 629 g/mol. The van der Waals surface area contributed by atoms with Crippen LogP contribution < -0.4 is 0 Å². The van der Waals surface area contributed by atoms with Crippen molar-refractivity contribution >= 4 is 29.2 Å². The number of hydrogen-bond acceptors (Lipinski definition) is 8. The Labute approximate surface area is 249 Å². The van der Waals surface area contributed by atoms with Crippen LogP contribution in [0.2, 0.25) is 10.0 Å². The number of rotatable bonds is 9. The van der Waals surface area contributed by atoms with Crippen LogP contribution in [0.1, 0.15) is 80.0 Å². The summed E-state index contributed by atoms with van der Waals surface area (Å²) in [7, 11) is 0. The summed E-state index contributed by atoms with van der Waals surface area (Å²) in [4.78, 5) is 16.0. The Morgan fingerprint density at radius 2 is 1.81 bits per heavy atom. The topological polar surface area (TPSA) is 108 Å². The molecule has 13 heteroatoms. The predicted octanol–water partition coefficient (Wildman–Crippen LogP) is 7.23. The first-order valence-corrected chi connectivity index (χ1v) is 14.8. The molecule has 1 N–H and O–H groups in total. The lowest BCUT2D eigenvalue weighted by Gasteiger charge is -2.40. The Kier molecular flexibility index (Phi) is 7.83. The third kappa shape index (κ3) is 5.33. The van der Waals surface area contributed by atoms with Crippen LogP contribution in [0.5, 0.6) is 0 Å².